The smallest absolute Gasteiger partial charge is 0.0991 e. The van der Waals surface area contributed by atoms with Crippen LogP contribution in [-0.2, 0) is 0 Å². The number of nitrogens with zero attached hydrogens (tertiary/aromatic N) is 1. The monoisotopic (exact) mass is 183 g/mol. The van der Waals surface area contributed by atoms with E-state index in [0.29, 0.717) is 5.92 Å². The fourth-order valence-electron chi connectivity index (χ4n) is 1.89. The first kappa shape index (κ1) is 9.02. The van der Waals surface area contributed by atoms with Gasteiger partial charge in [-0.1, -0.05) is 25.1 Å². The van der Waals surface area contributed by atoms with E-state index in [4.69, 9.17) is 5.26 Å². The van der Waals surface area contributed by atoms with Gasteiger partial charge in [-0.25, -0.2) is 0 Å². The summed E-state index contributed by atoms with van der Waals surface area (Å²) in [4.78, 5) is 0. The normalized spacial score (nSPS) is 20.3. The Balaban J connectivity index is 2.26. The Hall–Kier alpha value is -1.55. The van der Waals surface area contributed by atoms with E-state index >= 15 is 0 Å². The van der Waals surface area contributed by atoms with Gasteiger partial charge in [-0.05, 0) is 42.0 Å². The summed E-state index contributed by atoms with van der Waals surface area (Å²) in [5, 5.41) is 8.67. The minimum absolute atomic E-state index is 0.709. The van der Waals surface area contributed by atoms with Crippen molar-refractivity contribution in [2.24, 2.45) is 5.92 Å². The molecule has 2 rings (SSSR count). The van der Waals surface area contributed by atoms with Gasteiger partial charge in [0.25, 0.3) is 0 Å². The fourth-order valence-corrected chi connectivity index (χ4v) is 1.89. The van der Waals surface area contributed by atoms with Gasteiger partial charge in [0.1, 0.15) is 0 Å². The van der Waals surface area contributed by atoms with Crippen molar-refractivity contribution in [3.63, 3.8) is 0 Å². The molecule has 1 nitrogen and oxygen atoms in total. The first-order valence-corrected chi connectivity index (χ1v) is 5.01. The van der Waals surface area contributed by atoms with Gasteiger partial charge in [-0.15, -0.1) is 0 Å². The molecule has 1 aliphatic rings. The van der Waals surface area contributed by atoms with Crippen molar-refractivity contribution >= 4 is 5.57 Å². The molecule has 0 radical (unpaired) electrons. The highest BCUT2D eigenvalue weighted by molar-refractivity contribution is 5.67. The molecular formula is C13H13N. The number of benzene rings is 1. The van der Waals surface area contributed by atoms with Crippen molar-refractivity contribution in [3.05, 3.63) is 41.5 Å². The van der Waals surface area contributed by atoms with Crippen LogP contribution in [0.2, 0.25) is 0 Å². The molecule has 0 amide bonds. The molecule has 0 aliphatic heterocycles. The van der Waals surface area contributed by atoms with Crippen LogP contribution >= 0.6 is 0 Å². The van der Waals surface area contributed by atoms with Crippen molar-refractivity contribution in [3.8, 4) is 6.07 Å². The summed E-state index contributed by atoms with van der Waals surface area (Å²) in [6, 6.07) is 10.00. The molecule has 0 fully saturated rings. The second kappa shape index (κ2) is 3.67. The SMILES string of the molecule is CC1C=C(c2ccc(C#N)cc2)CC1. The predicted octanol–water partition coefficient (Wildman–Crippen LogP) is 3.37. The van der Waals surface area contributed by atoms with Crippen LogP contribution in [0.5, 0.6) is 0 Å². The predicted molar refractivity (Wildman–Crippen MR) is 57.5 cm³/mol. The van der Waals surface area contributed by atoms with Crippen molar-refractivity contribution < 1.29 is 0 Å². The van der Waals surface area contributed by atoms with E-state index in [9.17, 15) is 0 Å². The average molecular weight is 183 g/mol. The summed E-state index contributed by atoms with van der Waals surface area (Å²) < 4.78 is 0. The van der Waals surface area contributed by atoms with E-state index in [-0.39, 0.29) is 0 Å². The van der Waals surface area contributed by atoms with Crippen molar-refractivity contribution in [1.29, 1.82) is 5.26 Å². The topological polar surface area (TPSA) is 23.8 Å². The Kier molecular flexibility index (Phi) is 2.37. The van der Waals surface area contributed by atoms with E-state index in [1.54, 1.807) is 0 Å². The number of hydrogen-bond donors (Lipinski definition) is 0. The lowest BCUT2D eigenvalue weighted by Crippen LogP contribution is -1.81. The Morgan fingerprint density at radius 3 is 2.50 bits per heavy atom. The first-order chi connectivity index (χ1) is 6.79. The first-order valence-electron chi connectivity index (χ1n) is 5.01. The Labute approximate surface area is 84.7 Å². The second-order valence-electron chi connectivity index (χ2n) is 3.90. The van der Waals surface area contributed by atoms with Crippen LogP contribution in [0.4, 0.5) is 0 Å². The Morgan fingerprint density at radius 1 is 1.29 bits per heavy atom. The summed E-state index contributed by atoms with van der Waals surface area (Å²) >= 11 is 0. The second-order valence-corrected chi connectivity index (χ2v) is 3.90. The van der Waals surface area contributed by atoms with Crippen LogP contribution in [0, 0.1) is 17.2 Å². The molecule has 0 spiro atoms. The van der Waals surface area contributed by atoms with Crippen LogP contribution in [-0.4, -0.2) is 0 Å². The van der Waals surface area contributed by atoms with Crippen molar-refractivity contribution in [1.82, 2.24) is 0 Å². The van der Waals surface area contributed by atoms with Gasteiger partial charge in [-0.2, -0.15) is 5.26 Å². The quantitative estimate of drug-likeness (QED) is 0.654. The molecule has 1 heteroatoms. The third-order valence-electron chi connectivity index (χ3n) is 2.74. The summed E-state index contributed by atoms with van der Waals surface area (Å²) in [5.41, 5.74) is 3.44. The molecule has 1 atom stereocenters. The maximum absolute atomic E-state index is 8.67. The number of nitriles is 1. The number of allylic oxidation sites excluding steroid dienone is 2. The molecule has 0 saturated carbocycles. The van der Waals surface area contributed by atoms with E-state index in [1.165, 1.54) is 24.0 Å². The largest absolute Gasteiger partial charge is 0.192 e. The summed E-state index contributed by atoms with van der Waals surface area (Å²) in [6.45, 7) is 2.25. The molecule has 70 valence electrons. The lowest BCUT2D eigenvalue weighted by Gasteiger charge is -2.00. The average Bonchev–Trinajstić information content (AvgIpc) is 2.65. The van der Waals surface area contributed by atoms with Gasteiger partial charge in [0.05, 0.1) is 11.6 Å². The van der Waals surface area contributed by atoms with Gasteiger partial charge >= 0.3 is 0 Å². The summed E-state index contributed by atoms with van der Waals surface area (Å²) in [7, 11) is 0. The third kappa shape index (κ3) is 1.70. The molecule has 0 heterocycles. The zero-order chi connectivity index (χ0) is 9.97. The van der Waals surface area contributed by atoms with Gasteiger partial charge in [0.15, 0.2) is 0 Å². The third-order valence-corrected chi connectivity index (χ3v) is 2.74. The van der Waals surface area contributed by atoms with Crippen molar-refractivity contribution in [2.45, 2.75) is 19.8 Å². The molecule has 1 unspecified atom stereocenters. The Morgan fingerprint density at radius 2 is 2.00 bits per heavy atom. The fraction of sp³-hybridized carbons (Fsp3) is 0.308. The minimum Gasteiger partial charge on any atom is -0.192 e. The van der Waals surface area contributed by atoms with Gasteiger partial charge < -0.3 is 0 Å². The highest BCUT2D eigenvalue weighted by Gasteiger charge is 2.12. The van der Waals surface area contributed by atoms with Crippen LogP contribution in [0.3, 0.4) is 0 Å². The lowest BCUT2D eigenvalue weighted by atomic mass is 10.0. The summed E-state index contributed by atoms with van der Waals surface area (Å²) in [6.07, 6.45) is 4.77. The molecule has 0 N–H and O–H groups in total. The van der Waals surface area contributed by atoms with Gasteiger partial charge in [-0.3, -0.25) is 0 Å². The highest BCUT2D eigenvalue weighted by Crippen LogP contribution is 2.31. The lowest BCUT2D eigenvalue weighted by molar-refractivity contribution is 0.703. The van der Waals surface area contributed by atoms with E-state index < -0.39 is 0 Å². The van der Waals surface area contributed by atoms with E-state index in [1.807, 2.05) is 24.3 Å². The van der Waals surface area contributed by atoms with Crippen LogP contribution in [0.25, 0.3) is 5.57 Å². The molecular weight excluding hydrogens is 170 g/mol. The Bertz CT molecular complexity index is 392. The number of rotatable bonds is 1. The summed E-state index contributed by atoms with van der Waals surface area (Å²) in [5.74, 6) is 0.709. The maximum atomic E-state index is 8.67. The standard InChI is InChI=1S/C13H13N/c1-10-2-5-13(8-10)12-6-3-11(9-14)4-7-12/h3-4,6-8,10H,2,5H2,1H3. The highest BCUT2D eigenvalue weighted by atomic mass is 14.2. The van der Waals surface area contributed by atoms with Crippen LogP contribution in [0.15, 0.2) is 30.3 Å². The zero-order valence-electron chi connectivity index (χ0n) is 8.33. The van der Waals surface area contributed by atoms with Gasteiger partial charge in [0.2, 0.25) is 0 Å². The molecule has 1 aromatic carbocycles. The van der Waals surface area contributed by atoms with E-state index in [0.717, 1.165) is 5.56 Å². The zero-order valence-corrected chi connectivity index (χ0v) is 8.33. The molecule has 1 aliphatic carbocycles. The van der Waals surface area contributed by atoms with Crippen molar-refractivity contribution in [2.75, 3.05) is 0 Å². The van der Waals surface area contributed by atoms with Crippen LogP contribution < -0.4 is 0 Å². The number of hydrogen-bond acceptors (Lipinski definition) is 1. The molecule has 0 saturated heterocycles. The van der Waals surface area contributed by atoms with E-state index in [2.05, 4.69) is 19.1 Å². The molecule has 1 aromatic rings. The maximum Gasteiger partial charge on any atom is 0.0991 e. The molecule has 14 heavy (non-hydrogen) atoms. The van der Waals surface area contributed by atoms with Crippen LogP contribution in [0.1, 0.15) is 30.9 Å². The minimum atomic E-state index is 0.709. The molecule has 0 aromatic heterocycles. The molecule has 0 bridgehead atoms. The van der Waals surface area contributed by atoms with Gasteiger partial charge in [0, 0.05) is 0 Å².